The Morgan fingerprint density at radius 3 is 2.93 bits per heavy atom. The number of fused-ring (bicyclic) bond motifs is 1. The number of aryl methyl sites for hydroxylation is 3. The molecule has 1 aliphatic rings. The summed E-state index contributed by atoms with van der Waals surface area (Å²) in [6.45, 7) is 5.42. The number of hydrogen-bond donors (Lipinski definition) is 2. The molecule has 1 aliphatic heterocycles. The maximum atomic E-state index is 3.63. The lowest BCUT2D eigenvalue weighted by Crippen LogP contribution is -2.34. The molecule has 1 unspecified atom stereocenters. The van der Waals surface area contributed by atoms with E-state index in [-0.39, 0.29) is 0 Å². The van der Waals surface area contributed by atoms with Crippen molar-refractivity contribution in [1.29, 1.82) is 0 Å². The number of likely N-dealkylation sites (N-methyl/N-ethyl adjacent to an activating group) is 1. The van der Waals surface area contributed by atoms with Gasteiger partial charge < -0.3 is 10.6 Å². The topological polar surface area (TPSA) is 24.1 Å². The Hall–Kier alpha value is -1.02. The first-order valence-electron chi connectivity index (χ1n) is 5.72. The number of hydrogen-bond acceptors (Lipinski definition) is 2. The Morgan fingerprint density at radius 1 is 1.40 bits per heavy atom. The van der Waals surface area contributed by atoms with Crippen molar-refractivity contribution in [3.8, 4) is 0 Å². The van der Waals surface area contributed by atoms with E-state index in [4.69, 9.17) is 0 Å². The van der Waals surface area contributed by atoms with Crippen LogP contribution >= 0.6 is 0 Å². The van der Waals surface area contributed by atoms with Crippen molar-refractivity contribution in [2.45, 2.75) is 32.7 Å². The minimum atomic E-state index is 0.587. The van der Waals surface area contributed by atoms with Gasteiger partial charge in [-0.15, -0.1) is 0 Å². The zero-order valence-corrected chi connectivity index (χ0v) is 9.85. The Labute approximate surface area is 92.1 Å². The lowest BCUT2D eigenvalue weighted by atomic mass is 9.94. The third-order valence-electron chi connectivity index (χ3n) is 3.12. The summed E-state index contributed by atoms with van der Waals surface area (Å²) in [7, 11) is 2.01. The van der Waals surface area contributed by atoms with Gasteiger partial charge in [-0.3, -0.25) is 0 Å². The van der Waals surface area contributed by atoms with E-state index in [0.29, 0.717) is 6.04 Å². The highest BCUT2D eigenvalue weighted by Crippen LogP contribution is 2.29. The number of anilines is 1. The quantitative estimate of drug-likeness (QED) is 0.772. The lowest BCUT2D eigenvalue weighted by molar-refractivity contribution is 0.592. The Kier molecular flexibility index (Phi) is 2.96. The molecule has 0 spiro atoms. The van der Waals surface area contributed by atoms with E-state index >= 15 is 0 Å². The van der Waals surface area contributed by atoms with Gasteiger partial charge >= 0.3 is 0 Å². The van der Waals surface area contributed by atoms with Gasteiger partial charge in [0.2, 0.25) is 0 Å². The number of benzene rings is 1. The predicted molar refractivity (Wildman–Crippen MR) is 65.6 cm³/mol. The fraction of sp³-hybridized carbons (Fsp3) is 0.538. The molecule has 1 aromatic rings. The van der Waals surface area contributed by atoms with Gasteiger partial charge in [0.15, 0.2) is 0 Å². The molecule has 2 nitrogen and oxygen atoms in total. The smallest absolute Gasteiger partial charge is 0.0405 e. The Bertz CT molecular complexity index is 358. The van der Waals surface area contributed by atoms with Crippen molar-refractivity contribution in [2.24, 2.45) is 0 Å². The molecule has 1 atom stereocenters. The summed E-state index contributed by atoms with van der Waals surface area (Å²) in [6.07, 6.45) is 2.44. The normalized spacial score (nSPS) is 19.5. The van der Waals surface area contributed by atoms with Crippen LogP contribution in [0.1, 0.15) is 23.1 Å². The van der Waals surface area contributed by atoms with Gasteiger partial charge in [-0.05, 0) is 44.9 Å². The van der Waals surface area contributed by atoms with Gasteiger partial charge in [0.05, 0.1) is 0 Å². The van der Waals surface area contributed by atoms with Crippen LogP contribution in [-0.2, 0) is 6.42 Å². The van der Waals surface area contributed by atoms with Crippen molar-refractivity contribution >= 4 is 5.69 Å². The molecular weight excluding hydrogens is 184 g/mol. The zero-order valence-electron chi connectivity index (χ0n) is 9.85. The average molecular weight is 204 g/mol. The number of rotatable bonds is 2. The lowest BCUT2D eigenvalue weighted by Gasteiger charge is -2.28. The molecule has 0 saturated carbocycles. The van der Waals surface area contributed by atoms with Crippen LogP contribution in [0.25, 0.3) is 0 Å². The minimum absolute atomic E-state index is 0.587. The van der Waals surface area contributed by atoms with E-state index in [9.17, 15) is 0 Å². The van der Waals surface area contributed by atoms with Gasteiger partial charge in [0, 0.05) is 18.3 Å². The van der Waals surface area contributed by atoms with Crippen molar-refractivity contribution < 1.29 is 0 Å². The van der Waals surface area contributed by atoms with Crippen molar-refractivity contribution in [3.05, 3.63) is 28.8 Å². The largest absolute Gasteiger partial charge is 0.381 e. The summed E-state index contributed by atoms with van der Waals surface area (Å²) in [5.41, 5.74) is 5.61. The van der Waals surface area contributed by atoms with Gasteiger partial charge in [0.25, 0.3) is 0 Å². The van der Waals surface area contributed by atoms with Crippen LogP contribution in [0.4, 0.5) is 5.69 Å². The molecule has 15 heavy (non-hydrogen) atoms. The highest BCUT2D eigenvalue weighted by molar-refractivity contribution is 5.60. The third-order valence-corrected chi connectivity index (χ3v) is 3.12. The first-order valence-corrected chi connectivity index (χ1v) is 5.72. The van der Waals surface area contributed by atoms with E-state index in [1.807, 2.05) is 7.05 Å². The zero-order chi connectivity index (χ0) is 10.8. The van der Waals surface area contributed by atoms with Crippen LogP contribution in [-0.4, -0.2) is 19.6 Å². The summed E-state index contributed by atoms with van der Waals surface area (Å²) in [5, 5.41) is 6.87. The molecule has 0 aliphatic carbocycles. The van der Waals surface area contributed by atoms with Gasteiger partial charge in [-0.25, -0.2) is 0 Å². The summed E-state index contributed by atoms with van der Waals surface area (Å²) in [5.74, 6) is 0. The molecule has 0 bridgehead atoms. The maximum absolute atomic E-state index is 3.63. The molecule has 82 valence electrons. The van der Waals surface area contributed by atoms with Crippen molar-refractivity contribution in [3.63, 3.8) is 0 Å². The molecule has 0 aromatic heterocycles. The van der Waals surface area contributed by atoms with E-state index in [2.05, 4.69) is 36.6 Å². The summed E-state index contributed by atoms with van der Waals surface area (Å²) >= 11 is 0. The summed E-state index contributed by atoms with van der Waals surface area (Å²) < 4.78 is 0. The minimum Gasteiger partial charge on any atom is -0.381 e. The molecule has 0 amide bonds. The predicted octanol–water partition coefficient (Wildman–Crippen LogP) is 2.25. The monoisotopic (exact) mass is 204 g/mol. The van der Waals surface area contributed by atoms with E-state index in [0.717, 1.165) is 6.54 Å². The van der Waals surface area contributed by atoms with Gasteiger partial charge in [-0.2, -0.15) is 0 Å². The average Bonchev–Trinajstić information content (AvgIpc) is 2.19. The van der Waals surface area contributed by atoms with Crippen LogP contribution in [0, 0.1) is 13.8 Å². The molecule has 0 saturated heterocycles. The molecule has 2 rings (SSSR count). The Morgan fingerprint density at radius 2 is 2.20 bits per heavy atom. The molecule has 1 heterocycles. The maximum Gasteiger partial charge on any atom is 0.0405 e. The van der Waals surface area contributed by atoms with Gasteiger partial charge in [0.1, 0.15) is 0 Å². The number of nitrogens with one attached hydrogen (secondary N) is 2. The molecular formula is C13H20N2. The second-order valence-electron chi connectivity index (χ2n) is 4.55. The molecule has 2 N–H and O–H groups in total. The van der Waals surface area contributed by atoms with Crippen LogP contribution in [0.5, 0.6) is 0 Å². The highest BCUT2D eigenvalue weighted by Gasteiger charge is 2.18. The van der Waals surface area contributed by atoms with Crippen LogP contribution < -0.4 is 10.6 Å². The molecule has 0 radical (unpaired) electrons. The standard InChI is InChI=1S/C13H20N2/c1-9-6-10(2)13-11(7-9)4-5-12(15-13)8-14-3/h6-7,12,14-15H,4-5,8H2,1-3H3. The fourth-order valence-electron chi connectivity index (χ4n) is 2.46. The third kappa shape index (κ3) is 2.15. The van der Waals surface area contributed by atoms with Crippen molar-refractivity contribution in [1.82, 2.24) is 5.32 Å². The first kappa shape index (κ1) is 10.5. The first-order chi connectivity index (χ1) is 7.20. The molecule has 1 aromatic carbocycles. The highest BCUT2D eigenvalue weighted by atomic mass is 15.0. The SMILES string of the molecule is CNCC1CCc2cc(C)cc(C)c2N1. The molecule has 2 heteroatoms. The van der Waals surface area contributed by atoms with Crippen LogP contribution in [0.2, 0.25) is 0 Å². The van der Waals surface area contributed by atoms with E-state index in [1.54, 1.807) is 0 Å². The second-order valence-corrected chi connectivity index (χ2v) is 4.55. The molecule has 0 fully saturated rings. The summed E-state index contributed by atoms with van der Waals surface area (Å²) in [4.78, 5) is 0. The van der Waals surface area contributed by atoms with E-state index < -0.39 is 0 Å². The van der Waals surface area contributed by atoms with Crippen molar-refractivity contribution in [2.75, 3.05) is 18.9 Å². The Balaban J connectivity index is 2.25. The fourth-order valence-corrected chi connectivity index (χ4v) is 2.46. The summed E-state index contributed by atoms with van der Waals surface area (Å²) in [6, 6.07) is 5.15. The van der Waals surface area contributed by atoms with Gasteiger partial charge in [-0.1, -0.05) is 17.7 Å². The van der Waals surface area contributed by atoms with Crippen LogP contribution in [0.3, 0.4) is 0 Å². The second kappa shape index (κ2) is 4.23. The van der Waals surface area contributed by atoms with Crippen LogP contribution in [0.15, 0.2) is 12.1 Å². The van der Waals surface area contributed by atoms with E-state index in [1.165, 1.54) is 35.2 Å².